The van der Waals surface area contributed by atoms with Crippen molar-refractivity contribution in [2.24, 2.45) is 5.41 Å². The Balaban J connectivity index is 6.44. The van der Waals surface area contributed by atoms with E-state index in [4.69, 9.17) is 14.2 Å². The highest BCUT2D eigenvalue weighted by Crippen LogP contribution is 2.35. The lowest BCUT2D eigenvalue weighted by molar-refractivity contribution is -0.152. The van der Waals surface area contributed by atoms with Gasteiger partial charge in [-0.15, -0.1) is 0 Å². The average molecular weight is 442 g/mol. The zero-order valence-electron chi connectivity index (χ0n) is 19.5. The molecule has 0 amide bonds. The Labute approximate surface area is 190 Å². The molecule has 0 bridgehead atoms. The number of ether oxygens (including phenoxy) is 3. The van der Waals surface area contributed by atoms with Gasteiger partial charge in [0.05, 0.1) is 26.9 Å². The molecule has 0 N–H and O–H groups in total. The van der Waals surface area contributed by atoms with E-state index in [1.807, 2.05) is 19.9 Å². The van der Waals surface area contributed by atoms with Gasteiger partial charge < -0.3 is 14.2 Å². The lowest BCUT2D eigenvalue weighted by Crippen LogP contribution is -2.35. The lowest BCUT2D eigenvalue weighted by Gasteiger charge is -2.25. The maximum Gasteiger partial charge on any atom is 0.334 e. The van der Waals surface area contributed by atoms with Crippen LogP contribution in [-0.2, 0) is 28.6 Å². The predicted molar refractivity (Wildman–Crippen MR) is 119 cm³/mol. The van der Waals surface area contributed by atoms with Crippen LogP contribution in [0.25, 0.3) is 0 Å². The Kier molecular flexibility index (Phi) is 14.5. The van der Waals surface area contributed by atoms with Crippen LogP contribution in [-0.4, -0.2) is 38.7 Å². The molecule has 7 heteroatoms. The molecule has 0 aliphatic carbocycles. The number of nitrogens with zero attached hydrogens (tertiary/aromatic N) is 1. The standard InChI is InChI=1S/C25H31NO6/c1-6-9-11-13-15-20(22(27)30-4)17-25(19-26,24(29)32-8-3)18-21(23(28)31-5)16-14-12-10-7-2/h15-16H,6-10,17-18H2,1-5H3/b20-15-,21-16-. The molecular formula is C25H31NO6. The molecule has 172 valence electrons. The largest absolute Gasteiger partial charge is 0.466 e. The van der Waals surface area contributed by atoms with Crippen molar-refractivity contribution in [2.75, 3.05) is 20.8 Å². The quantitative estimate of drug-likeness (QED) is 0.221. The highest BCUT2D eigenvalue weighted by atomic mass is 16.5. The van der Waals surface area contributed by atoms with Crippen molar-refractivity contribution in [1.29, 1.82) is 5.26 Å². The number of hydrogen-bond acceptors (Lipinski definition) is 7. The molecule has 32 heavy (non-hydrogen) atoms. The maximum atomic E-state index is 12.9. The number of unbranched alkanes of at least 4 members (excludes halogenated alkanes) is 2. The third-order valence-electron chi connectivity index (χ3n) is 4.21. The summed E-state index contributed by atoms with van der Waals surface area (Å²) in [6, 6.07) is 1.95. The van der Waals surface area contributed by atoms with Crippen LogP contribution >= 0.6 is 0 Å². The molecule has 0 heterocycles. The fourth-order valence-electron chi connectivity index (χ4n) is 2.55. The van der Waals surface area contributed by atoms with Crippen molar-refractivity contribution >= 4 is 17.9 Å². The van der Waals surface area contributed by atoms with Crippen LogP contribution in [0.1, 0.15) is 59.3 Å². The molecule has 0 spiro atoms. The van der Waals surface area contributed by atoms with E-state index in [9.17, 15) is 19.6 Å². The molecule has 0 saturated heterocycles. The molecular weight excluding hydrogens is 410 g/mol. The number of hydrogen-bond donors (Lipinski definition) is 0. The molecule has 0 aromatic carbocycles. The van der Waals surface area contributed by atoms with Crippen LogP contribution in [0.2, 0.25) is 0 Å². The number of carbonyl (C=O) groups excluding carboxylic acids is 3. The molecule has 0 aliphatic rings. The summed E-state index contributed by atoms with van der Waals surface area (Å²) in [5.74, 6) is 8.92. The number of esters is 3. The van der Waals surface area contributed by atoms with E-state index in [2.05, 4.69) is 23.7 Å². The number of methoxy groups -OCH3 is 2. The fourth-order valence-corrected chi connectivity index (χ4v) is 2.55. The van der Waals surface area contributed by atoms with Crippen molar-refractivity contribution in [3.05, 3.63) is 23.3 Å². The first kappa shape index (κ1) is 28.5. The molecule has 0 rings (SSSR count). The summed E-state index contributed by atoms with van der Waals surface area (Å²) >= 11 is 0. The normalized spacial score (nSPS) is 11.1. The Morgan fingerprint density at radius 2 is 1.28 bits per heavy atom. The van der Waals surface area contributed by atoms with Gasteiger partial charge in [-0.25, -0.2) is 9.59 Å². The average Bonchev–Trinajstić information content (AvgIpc) is 2.81. The number of carbonyl (C=O) groups is 3. The third-order valence-corrected chi connectivity index (χ3v) is 4.21. The molecule has 0 radical (unpaired) electrons. The Hall–Kier alpha value is -3.50. The predicted octanol–water partition coefficient (Wildman–Crippen LogP) is 3.65. The maximum absolute atomic E-state index is 12.9. The van der Waals surface area contributed by atoms with Gasteiger partial charge in [-0.3, -0.25) is 4.79 Å². The summed E-state index contributed by atoms with van der Waals surface area (Å²) in [6.07, 6.45) is 4.87. The van der Waals surface area contributed by atoms with Gasteiger partial charge >= 0.3 is 17.9 Å². The SMILES string of the molecule is CCCC#C/C=C(/CC(C#N)(C/C(=C/C#CCCC)C(=O)OC)C(=O)OCC)C(=O)OC. The van der Waals surface area contributed by atoms with E-state index in [-0.39, 0.29) is 30.6 Å². The zero-order valence-corrected chi connectivity index (χ0v) is 19.5. The summed E-state index contributed by atoms with van der Waals surface area (Å²) in [6.45, 7) is 5.54. The minimum atomic E-state index is -1.88. The summed E-state index contributed by atoms with van der Waals surface area (Å²) in [5.41, 5.74) is -1.84. The first-order chi connectivity index (χ1) is 15.3. The van der Waals surface area contributed by atoms with Crippen molar-refractivity contribution < 1.29 is 28.6 Å². The van der Waals surface area contributed by atoms with Crippen LogP contribution in [0, 0.1) is 40.4 Å². The molecule has 0 atom stereocenters. The molecule has 0 unspecified atom stereocenters. The second-order valence-corrected chi connectivity index (χ2v) is 6.73. The summed E-state index contributed by atoms with van der Waals surface area (Å²) in [4.78, 5) is 37.5. The van der Waals surface area contributed by atoms with Crippen LogP contribution < -0.4 is 0 Å². The topological polar surface area (TPSA) is 103 Å². The van der Waals surface area contributed by atoms with E-state index in [1.165, 1.54) is 26.4 Å². The lowest BCUT2D eigenvalue weighted by atomic mass is 9.77. The van der Waals surface area contributed by atoms with E-state index >= 15 is 0 Å². The summed E-state index contributed by atoms with van der Waals surface area (Å²) in [7, 11) is 2.38. The van der Waals surface area contributed by atoms with Crippen molar-refractivity contribution in [3.63, 3.8) is 0 Å². The van der Waals surface area contributed by atoms with Gasteiger partial charge in [-0.2, -0.15) is 5.26 Å². The van der Waals surface area contributed by atoms with E-state index in [0.717, 1.165) is 12.8 Å². The number of nitriles is 1. The second-order valence-electron chi connectivity index (χ2n) is 6.73. The minimum Gasteiger partial charge on any atom is -0.466 e. The minimum absolute atomic E-state index is 0.0173. The van der Waals surface area contributed by atoms with Gasteiger partial charge in [0.1, 0.15) is 0 Å². The highest BCUT2D eigenvalue weighted by molar-refractivity contribution is 5.94. The van der Waals surface area contributed by atoms with Gasteiger partial charge in [0.25, 0.3) is 0 Å². The monoisotopic (exact) mass is 441 g/mol. The summed E-state index contributed by atoms with van der Waals surface area (Å²) in [5, 5.41) is 10.0. The smallest absolute Gasteiger partial charge is 0.334 e. The van der Waals surface area contributed by atoms with Crippen LogP contribution in [0.5, 0.6) is 0 Å². The molecule has 0 aromatic rings. The second kappa shape index (κ2) is 16.2. The van der Waals surface area contributed by atoms with Gasteiger partial charge in [0.15, 0.2) is 5.41 Å². The molecule has 0 saturated carbocycles. The van der Waals surface area contributed by atoms with Gasteiger partial charge in [0, 0.05) is 36.8 Å². The van der Waals surface area contributed by atoms with Crippen LogP contribution in [0.4, 0.5) is 0 Å². The summed E-state index contributed by atoms with van der Waals surface area (Å²) < 4.78 is 14.7. The highest BCUT2D eigenvalue weighted by Gasteiger charge is 2.44. The number of rotatable bonds is 10. The molecule has 0 aliphatic heterocycles. The zero-order chi connectivity index (χ0) is 24.4. The van der Waals surface area contributed by atoms with E-state index < -0.39 is 23.3 Å². The van der Waals surface area contributed by atoms with Crippen LogP contribution in [0.3, 0.4) is 0 Å². The Bertz CT molecular complexity index is 827. The first-order valence-corrected chi connectivity index (χ1v) is 10.5. The van der Waals surface area contributed by atoms with Crippen molar-refractivity contribution in [2.45, 2.75) is 59.3 Å². The third kappa shape index (κ3) is 9.54. The fraction of sp³-hybridized carbons (Fsp3) is 0.520. The Morgan fingerprint density at radius 1 is 0.844 bits per heavy atom. The van der Waals surface area contributed by atoms with E-state index in [0.29, 0.717) is 12.8 Å². The van der Waals surface area contributed by atoms with Crippen molar-refractivity contribution in [3.8, 4) is 29.8 Å². The van der Waals surface area contributed by atoms with Gasteiger partial charge in [-0.05, 0) is 31.9 Å². The van der Waals surface area contributed by atoms with E-state index in [1.54, 1.807) is 6.92 Å². The molecule has 0 fully saturated rings. The molecule has 7 nitrogen and oxygen atoms in total. The number of allylic oxidation sites excluding steroid dienone is 2. The van der Waals surface area contributed by atoms with Crippen molar-refractivity contribution in [1.82, 2.24) is 0 Å². The van der Waals surface area contributed by atoms with Gasteiger partial charge in [-0.1, -0.05) is 37.5 Å². The molecule has 0 aromatic heterocycles. The first-order valence-electron chi connectivity index (χ1n) is 10.5. The van der Waals surface area contributed by atoms with Gasteiger partial charge in [0.2, 0.25) is 0 Å². The Morgan fingerprint density at radius 3 is 1.59 bits per heavy atom. The van der Waals surface area contributed by atoms with Crippen LogP contribution in [0.15, 0.2) is 23.3 Å².